The predicted molar refractivity (Wildman–Crippen MR) is 50.1 cm³/mol. The third kappa shape index (κ3) is 2.11. The van der Waals surface area contributed by atoms with E-state index in [4.69, 9.17) is 0 Å². The number of nitrogens with zero attached hydrogens (tertiary/aromatic N) is 1. The molecule has 2 rings (SSSR count). The maximum absolute atomic E-state index is 3.51. The number of nitrogens with one attached hydrogen (secondary N) is 1. The Hall–Kier alpha value is -0.760. The lowest BCUT2D eigenvalue weighted by Crippen LogP contribution is -2.18. The van der Waals surface area contributed by atoms with E-state index in [2.05, 4.69) is 35.4 Å². The van der Waals surface area contributed by atoms with Crippen molar-refractivity contribution in [1.29, 1.82) is 0 Å². The molecule has 66 valence electrons. The molecule has 1 fully saturated rings. The van der Waals surface area contributed by atoms with Gasteiger partial charge in [0, 0.05) is 25.5 Å². The Morgan fingerprint density at radius 1 is 1.58 bits per heavy atom. The summed E-state index contributed by atoms with van der Waals surface area (Å²) < 4.78 is 2.10. The third-order valence-corrected chi connectivity index (χ3v) is 2.32. The zero-order valence-corrected chi connectivity index (χ0v) is 7.59. The fourth-order valence-corrected chi connectivity index (χ4v) is 1.42. The van der Waals surface area contributed by atoms with Gasteiger partial charge in [0.2, 0.25) is 0 Å². The lowest BCUT2D eigenvalue weighted by atomic mass is 10.2. The molecule has 2 heteroatoms. The molecule has 1 N–H and O–H groups in total. The first kappa shape index (κ1) is 7.87. The Bertz CT molecular complexity index is 248. The average molecular weight is 164 g/mol. The second kappa shape index (κ2) is 3.31. The molecular formula is C10H16N2. The minimum Gasteiger partial charge on any atom is -0.357 e. The summed E-state index contributed by atoms with van der Waals surface area (Å²) in [5.41, 5.74) is 1.44. The number of aryl methyl sites for hydroxylation is 1. The van der Waals surface area contributed by atoms with E-state index in [0.717, 1.165) is 19.0 Å². The molecule has 1 aliphatic carbocycles. The van der Waals surface area contributed by atoms with Gasteiger partial charge in [-0.1, -0.05) is 0 Å². The molecule has 1 saturated carbocycles. The fourth-order valence-electron chi connectivity index (χ4n) is 1.42. The van der Waals surface area contributed by atoms with Crippen LogP contribution in [0.15, 0.2) is 18.5 Å². The summed E-state index contributed by atoms with van der Waals surface area (Å²) in [6.07, 6.45) is 8.22. The second-order valence-corrected chi connectivity index (χ2v) is 3.66. The number of aromatic nitrogens is 1. The minimum absolute atomic E-state index is 0.841. The Morgan fingerprint density at radius 2 is 2.42 bits per heavy atom. The van der Waals surface area contributed by atoms with Gasteiger partial charge in [-0.2, -0.15) is 0 Å². The Labute approximate surface area is 73.6 Å². The van der Waals surface area contributed by atoms with Crippen molar-refractivity contribution in [2.24, 2.45) is 7.05 Å². The van der Waals surface area contributed by atoms with Crippen molar-refractivity contribution in [3.05, 3.63) is 24.0 Å². The van der Waals surface area contributed by atoms with Crippen LogP contribution in [0, 0.1) is 0 Å². The topological polar surface area (TPSA) is 17.0 Å². The van der Waals surface area contributed by atoms with Gasteiger partial charge in [0.05, 0.1) is 0 Å². The van der Waals surface area contributed by atoms with E-state index in [0.29, 0.717) is 0 Å². The van der Waals surface area contributed by atoms with Crippen molar-refractivity contribution < 1.29 is 0 Å². The van der Waals surface area contributed by atoms with Gasteiger partial charge in [0.25, 0.3) is 0 Å². The largest absolute Gasteiger partial charge is 0.357 e. The third-order valence-electron chi connectivity index (χ3n) is 2.32. The van der Waals surface area contributed by atoms with Crippen LogP contribution in [0.5, 0.6) is 0 Å². The molecule has 1 aliphatic rings. The average Bonchev–Trinajstić information content (AvgIpc) is 2.76. The molecule has 1 aromatic heterocycles. The number of rotatable bonds is 4. The van der Waals surface area contributed by atoms with E-state index in [1.165, 1.54) is 18.4 Å². The second-order valence-electron chi connectivity index (χ2n) is 3.66. The Kier molecular flexibility index (Phi) is 2.17. The van der Waals surface area contributed by atoms with E-state index in [1.807, 2.05) is 0 Å². The highest BCUT2D eigenvalue weighted by molar-refractivity contribution is 5.10. The van der Waals surface area contributed by atoms with Crippen LogP contribution in [0.3, 0.4) is 0 Å². The van der Waals surface area contributed by atoms with E-state index in [9.17, 15) is 0 Å². The first-order valence-corrected chi connectivity index (χ1v) is 4.69. The maximum Gasteiger partial charge on any atom is 0.0106 e. The van der Waals surface area contributed by atoms with Crippen molar-refractivity contribution in [3.8, 4) is 0 Å². The monoisotopic (exact) mass is 164 g/mol. The minimum atomic E-state index is 0.841. The summed E-state index contributed by atoms with van der Waals surface area (Å²) in [4.78, 5) is 0. The first-order chi connectivity index (χ1) is 5.84. The zero-order valence-electron chi connectivity index (χ0n) is 7.59. The van der Waals surface area contributed by atoms with E-state index >= 15 is 0 Å². The van der Waals surface area contributed by atoms with Gasteiger partial charge in [-0.25, -0.2) is 0 Å². The molecule has 0 amide bonds. The van der Waals surface area contributed by atoms with E-state index in [1.54, 1.807) is 0 Å². The van der Waals surface area contributed by atoms with Crippen molar-refractivity contribution in [1.82, 2.24) is 9.88 Å². The standard InChI is InChI=1S/C10H16N2/c1-12-7-5-9(8-12)4-6-11-10-2-3-10/h5,7-8,10-11H,2-4,6H2,1H3. The highest BCUT2D eigenvalue weighted by Crippen LogP contribution is 2.18. The Morgan fingerprint density at radius 3 is 3.00 bits per heavy atom. The molecule has 1 aromatic rings. The Balaban J connectivity index is 1.71. The van der Waals surface area contributed by atoms with Crippen molar-refractivity contribution in [2.75, 3.05) is 6.54 Å². The number of hydrogen-bond donors (Lipinski definition) is 1. The molecule has 0 spiro atoms. The highest BCUT2D eigenvalue weighted by atomic mass is 14.9. The summed E-state index contributed by atoms with van der Waals surface area (Å²) in [6, 6.07) is 3.03. The lowest BCUT2D eigenvalue weighted by molar-refractivity contribution is 0.681. The molecule has 0 aliphatic heterocycles. The smallest absolute Gasteiger partial charge is 0.0106 e. The summed E-state index contributed by atoms with van der Waals surface area (Å²) in [6.45, 7) is 1.13. The quantitative estimate of drug-likeness (QED) is 0.710. The highest BCUT2D eigenvalue weighted by Gasteiger charge is 2.19. The van der Waals surface area contributed by atoms with Crippen LogP contribution >= 0.6 is 0 Å². The molecule has 0 saturated heterocycles. The first-order valence-electron chi connectivity index (χ1n) is 4.69. The summed E-state index contributed by atoms with van der Waals surface area (Å²) in [5, 5.41) is 3.51. The van der Waals surface area contributed by atoms with Crippen LogP contribution in [-0.2, 0) is 13.5 Å². The van der Waals surface area contributed by atoms with Crippen LogP contribution in [0.25, 0.3) is 0 Å². The molecule has 12 heavy (non-hydrogen) atoms. The molecular weight excluding hydrogens is 148 g/mol. The summed E-state index contributed by atoms with van der Waals surface area (Å²) >= 11 is 0. The SMILES string of the molecule is Cn1ccc(CCNC2CC2)c1. The van der Waals surface area contributed by atoms with Gasteiger partial charge >= 0.3 is 0 Å². The van der Waals surface area contributed by atoms with Gasteiger partial charge in [-0.15, -0.1) is 0 Å². The van der Waals surface area contributed by atoms with Crippen LogP contribution in [0.4, 0.5) is 0 Å². The molecule has 2 nitrogen and oxygen atoms in total. The van der Waals surface area contributed by atoms with Crippen LogP contribution < -0.4 is 5.32 Å². The van der Waals surface area contributed by atoms with Crippen LogP contribution in [0.1, 0.15) is 18.4 Å². The summed E-state index contributed by atoms with van der Waals surface area (Å²) in [5.74, 6) is 0. The molecule has 0 unspecified atom stereocenters. The zero-order chi connectivity index (χ0) is 8.39. The van der Waals surface area contributed by atoms with E-state index < -0.39 is 0 Å². The lowest BCUT2D eigenvalue weighted by Gasteiger charge is -1.99. The van der Waals surface area contributed by atoms with Gasteiger partial charge in [-0.3, -0.25) is 0 Å². The molecule has 0 radical (unpaired) electrons. The van der Waals surface area contributed by atoms with Crippen molar-refractivity contribution >= 4 is 0 Å². The van der Waals surface area contributed by atoms with Crippen LogP contribution in [-0.4, -0.2) is 17.2 Å². The number of hydrogen-bond acceptors (Lipinski definition) is 1. The van der Waals surface area contributed by atoms with Crippen molar-refractivity contribution in [2.45, 2.75) is 25.3 Å². The fraction of sp³-hybridized carbons (Fsp3) is 0.600. The molecule has 0 bridgehead atoms. The normalized spacial score (nSPS) is 16.8. The maximum atomic E-state index is 3.51. The van der Waals surface area contributed by atoms with Gasteiger partial charge in [0.15, 0.2) is 0 Å². The van der Waals surface area contributed by atoms with Gasteiger partial charge in [-0.05, 0) is 37.4 Å². The summed E-state index contributed by atoms with van der Waals surface area (Å²) in [7, 11) is 2.07. The van der Waals surface area contributed by atoms with Crippen molar-refractivity contribution in [3.63, 3.8) is 0 Å². The predicted octanol–water partition coefficient (Wildman–Crippen LogP) is 1.32. The molecule has 0 atom stereocenters. The van der Waals surface area contributed by atoms with Gasteiger partial charge in [0.1, 0.15) is 0 Å². The molecule has 0 aromatic carbocycles. The van der Waals surface area contributed by atoms with E-state index in [-0.39, 0.29) is 0 Å². The van der Waals surface area contributed by atoms with Crippen LogP contribution in [0.2, 0.25) is 0 Å². The molecule has 1 heterocycles. The van der Waals surface area contributed by atoms with Gasteiger partial charge < -0.3 is 9.88 Å².